The van der Waals surface area contributed by atoms with E-state index in [9.17, 15) is 27.6 Å². The van der Waals surface area contributed by atoms with Crippen LogP contribution >= 0.6 is 0 Å². The van der Waals surface area contributed by atoms with E-state index in [4.69, 9.17) is 0 Å². The first-order valence-corrected chi connectivity index (χ1v) is 9.36. The number of imide groups is 1. The van der Waals surface area contributed by atoms with Crippen LogP contribution in [-0.4, -0.2) is 46.1 Å². The zero-order chi connectivity index (χ0) is 22.2. The first-order valence-electron chi connectivity index (χ1n) is 9.36. The normalized spacial score (nSPS) is 19.0. The summed E-state index contributed by atoms with van der Waals surface area (Å²) < 4.78 is 41.8. The summed E-state index contributed by atoms with van der Waals surface area (Å²) in [5, 5.41) is 4.18. The molecule has 1 aliphatic rings. The van der Waals surface area contributed by atoms with Crippen molar-refractivity contribution in [1.29, 1.82) is 0 Å². The molecule has 1 saturated heterocycles. The highest BCUT2D eigenvalue weighted by Gasteiger charge is 2.68. The molecule has 0 spiro atoms. The number of aromatic nitrogens is 1. The number of fused-ring (bicyclic) bond motifs is 1. The van der Waals surface area contributed by atoms with Crippen molar-refractivity contribution < 1.29 is 27.6 Å². The number of hydrogen-bond acceptors (Lipinski definition) is 3. The molecule has 1 unspecified atom stereocenters. The van der Waals surface area contributed by atoms with Gasteiger partial charge in [0, 0.05) is 29.2 Å². The lowest BCUT2D eigenvalue weighted by molar-refractivity contribution is -0.200. The van der Waals surface area contributed by atoms with Crippen molar-refractivity contribution in [1.82, 2.24) is 20.5 Å². The number of para-hydroxylation sites is 1. The maximum atomic E-state index is 13.9. The molecule has 1 aromatic heterocycles. The maximum absolute atomic E-state index is 13.9. The number of alkyl halides is 3. The standard InChI is InChI=1S/C21H17F3N4O3/c22-21(23,24)20(26-17(29)13-6-2-1-3-7-13)18(30)28(19(31)27-20)11-10-14-12-25-16-9-5-4-8-15(14)16/h1-9,12,25H,10-11H2,(H,26,29)(H,27,31). The van der Waals surface area contributed by atoms with Crippen LogP contribution in [0.1, 0.15) is 15.9 Å². The van der Waals surface area contributed by atoms with E-state index in [-0.39, 0.29) is 18.5 Å². The molecule has 4 amide bonds. The number of aromatic amines is 1. The summed E-state index contributed by atoms with van der Waals surface area (Å²) in [6.07, 6.45) is -3.43. The van der Waals surface area contributed by atoms with Gasteiger partial charge in [-0.3, -0.25) is 19.8 Å². The summed E-state index contributed by atoms with van der Waals surface area (Å²) in [5.74, 6) is -2.71. The van der Waals surface area contributed by atoms with E-state index in [1.54, 1.807) is 29.0 Å². The molecule has 10 heteroatoms. The molecule has 1 fully saturated rings. The molecule has 2 heterocycles. The van der Waals surface area contributed by atoms with E-state index in [0.29, 0.717) is 4.90 Å². The van der Waals surface area contributed by atoms with E-state index < -0.39 is 29.7 Å². The average Bonchev–Trinajstić information content (AvgIpc) is 3.26. The second kappa shape index (κ2) is 7.46. The molecule has 0 radical (unpaired) electrons. The van der Waals surface area contributed by atoms with Gasteiger partial charge in [0.1, 0.15) is 0 Å². The van der Waals surface area contributed by atoms with Crippen LogP contribution in [0.2, 0.25) is 0 Å². The third-order valence-electron chi connectivity index (χ3n) is 5.15. The van der Waals surface area contributed by atoms with Crippen LogP contribution in [0.15, 0.2) is 60.8 Å². The van der Waals surface area contributed by atoms with E-state index >= 15 is 0 Å². The SMILES string of the molecule is O=C(NC1(C(F)(F)F)NC(=O)N(CCc2c[nH]c3ccccc23)C1=O)c1ccccc1. The molecule has 4 rings (SSSR count). The third kappa shape index (κ3) is 3.49. The first-order chi connectivity index (χ1) is 14.7. The topological polar surface area (TPSA) is 94.3 Å². The molecule has 7 nitrogen and oxygen atoms in total. The van der Waals surface area contributed by atoms with E-state index in [0.717, 1.165) is 16.5 Å². The zero-order valence-electron chi connectivity index (χ0n) is 16.0. The fraction of sp³-hybridized carbons (Fsp3) is 0.190. The Bertz CT molecular complexity index is 1160. The molecule has 0 aliphatic carbocycles. The van der Waals surface area contributed by atoms with Gasteiger partial charge in [-0.25, -0.2) is 4.79 Å². The fourth-order valence-electron chi connectivity index (χ4n) is 3.53. The predicted octanol–water partition coefficient (Wildman–Crippen LogP) is 2.95. The van der Waals surface area contributed by atoms with Gasteiger partial charge >= 0.3 is 12.2 Å². The number of rotatable bonds is 5. The lowest BCUT2D eigenvalue weighted by Crippen LogP contribution is -2.69. The lowest BCUT2D eigenvalue weighted by atomic mass is 10.1. The smallest absolute Gasteiger partial charge is 0.361 e. The van der Waals surface area contributed by atoms with Crippen molar-refractivity contribution >= 4 is 28.7 Å². The number of carbonyl (C=O) groups excluding carboxylic acids is 3. The fourth-order valence-corrected chi connectivity index (χ4v) is 3.53. The zero-order valence-corrected chi connectivity index (χ0v) is 16.0. The van der Waals surface area contributed by atoms with Gasteiger partial charge in [0.15, 0.2) is 0 Å². The Kier molecular flexibility index (Phi) is 4.92. The van der Waals surface area contributed by atoms with Crippen molar-refractivity contribution in [3.05, 3.63) is 71.9 Å². The number of H-pyrrole nitrogens is 1. The summed E-state index contributed by atoms with van der Waals surface area (Å²) in [7, 11) is 0. The van der Waals surface area contributed by atoms with Gasteiger partial charge in [-0.05, 0) is 30.2 Å². The van der Waals surface area contributed by atoms with Crippen molar-refractivity contribution in [2.24, 2.45) is 0 Å². The monoisotopic (exact) mass is 430 g/mol. The van der Waals surface area contributed by atoms with Crippen molar-refractivity contribution in [3.8, 4) is 0 Å². The molecule has 160 valence electrons. The van der Waals surface area contributed by atoms with Gasteiger partial charge in [0.05, 0.1) is 0 Å². The van der Waals surface area contributed by atoms with Gasteiger partial charge in [-0.2, -0.15) is 13.2 Å². The minimum atomic E-state index is -5.25. The first kappa shape index (κ1) is 20.5. The number of benzene rings is 2. The van der Waals surface area contributed by atoms with Crippen molar-refractivity contribution in [3.63, 3.8) is 0 Å². The minimum absolute atomic E-state index is 0.0783. The maximum Gasteiger partial charge on any atom is 0.440 e. The number of halogens is 3. The van der Waals surface area contributed by atoms with Crippen LogP contribution in [0.5, 0.6) is 0 Å². The van der Waals surface area contributed by atoms with Crippen LogP contribution < -0.4 is 10.6 Å². The van der Waals surface area contributed by atoms with Gasteiger partial charge < -0.3 is 10.3 Å². The Hall–Kier alpha value is -3.82. The molecule has 3 aromatic rings. The summed E-state index contributed by atoms with van der Waals surface area (Å²) >= 11 is 0. The summed E-state index contributed by atoms with van der Waals surface area (Å²) in [5.41, 5.74) is -2.04. The molecule has 3 N–H and O–H groups in total. The van der Waals surface area contributed by atoms with Gasteiger partial charge in [-0.15, -0.1) is 0 Å². The van der Waals surface area contributed by atoms with Crippen LogP contribution in [-0.2, 0) is 11.2 Å². The highest BCUT2D eigenvalue weighted by Crippen LogP contribution is 2.34. The molecular formula is C21H17F3N4O3. The summed E-state index contributed by atoms with van der Waals surface area (Å²) in [6.45, 7) is -0.286. The highest BCUT2D eigenvalue weighted by atomic mass is 19.4. The lowest BCUT2D eigenvalue weighted by Gasteiger charge is -2.29. The highest BCUT2D eigenvalue weighted by molar-refractivity contribution is 6.10. The number of urea groups is 1. The Morgan fingerprint density at radius 3 is 2.42 bits per heavy atom. The molecule has 1 aliphatic heterocycles. The van der Waals surface area contributed by atoms with E-state index in [1.807, 2.05) is 18.2 Å². The Morgan fingerprint density at radius 2 is 1.71 bits per heavy atom. The third-order valence-corrected chi connectivity index (χ3v) is 5.15. The largest absolute Gasteiger partial charge is 0.440 e. The van der Waals surface area contributed by atoms with Gasteiger partial charge in [0.2, 0.25) is 0 Å². The number of nitrogens with one attached hydrogen (secondary N) is 3. The number of carbonyl (C=O) groups is 3. The summed E-state index contributed by atoms with van der Waals surface area (Å²) in [4.78, 5) is 41.0. The Labute approximate surface area is 174 Å². The minimum Gasteiger partial charge on any atom is -0.361 e. The molecule has 31 heavy (non-hydrogen) atoms. The molecule has 2 aromatic carbocycles. The molecule has 0 bridgehead atoms. The Morgan fingerprint density at radius 1 is 1.03 bits per heavy atom. The second-order valence-electron chi connectivity index (χ2n) is 7.06. The molecular weight excluding hydrogens is 413 g/mol. The quantitative estimate of drug-likeness (QED) is 0.544. The average molecular weight is 430 g/mol. The van der Waals surface area contributed by atoms with Crippen molar-refractivity contribution in [2.45, 2.75) is 18.3 Å². The number of hydrogen-bond donors (Lipinski definition) is 3. The predicted molar refractivity (Wildman–Crippen MR) is 105 cm³/mol. The van der Waals surface area contributed by atoms with E-state index in [2.05, 4.69) is 4.98 Å². The molecule has 1 atom stereocenters. The van der Waals surface area contributed by atoms with Gasteiger partial charge in [-0.1, -0.05) is 36.4 Å². The number of amides is 4. The van der Waals surface area contributed by atoms with Crippen LogP contribution in [0, 0.1) is 0 Å². The molecule has 0 saturated carbocycles. The summed E-state index contributed by atoms with van der Waals surface area (Å²) in [6, 6.07) is 13.2. The number of nitrogens with zero attached hydrogens (tertiary/aromatic N) is 1. The van der Waals surface area contributed by atoms with E-state index in [1.165, 1.54) is 24.3 Å². The van der Waals surface area contributed by atoms with Crippen LogP contribution in [0.3, 0.4) is 0 Å². The van der Waals surface area contributed by atoms with Gasteiger partial charge in [0.25, 0.3) is 17.5 Å². The van der Waals surface area contributed by atoms with Crippen molar-refractivity contribution in [2.75, 3.05) is 6.54 Å². The van der Waals surface area contributed by atoms with Crippen LogP contribution in [0.4, 0.5) is 18.0 Å². The second-order valence-corrected chi connectivity index (χ2v) is 7.06. The Balaban J connectivity index is 1.58. The van der Waals surface area contributed by atoms with Crippen LogP contribution in [0.25, 0.3) is 10.9 Å².